The van der Waals surface area contributed by atoms with Crippen molar-refractivity contribution in [3.63, 3.8) is 0 Å². The third kappa shape index (κ3) is 0.608. The van der Waals surface area contributed by atoms with Crippen molar-refractivity contribution in [2.45, 2.75) is 50.5 Å². The fourth-order valence-corrected chi connectivity index (χ4v) is 4.13. The van der Waals surface area contributed by atoms with Gasteiger partial charge < -0.3 is 0 Å². The summed E-state index contributed by atoms with van der Waals surface area (Å²) in [6.07, 6.45) is 9.60. The maximum Gasteiger partial charge on any atom is 0.117 e. The predicted molar refractivity (Wildman–Crippen MR) is 47.0 cm³/mol. The Hall–Kier alpha value is -0.0800. The van der Waals surface area contributed by atoms with Crippen molar-refractivity contribution >= 4 is 0 Å². The summed E-state index contributed by atoms with van der Waals surface area (Å²) < 4.78 is 0. The summed E-state index contributed by atoms with van der Waals surface area (Å²) in [5.41, 5.74) is 1.32. The van der Waals surface area contributed by atoms with E-state index in [-0.39, 0.29) is 5.60 Å². The van der Waals surface area contributed by atoms with Gasteiger partial charge in [0.05, 0.1) is 6.61 Å². The predicted octanol–water partition coefficient (Wildman–Crippen LogP) is 2.43. The summed E-state index contributed by atoms with van der Waals surface area (Å²) in [5, 5.41) is 0. The molecule has 0 radical (unpaired) electrons. The highest BCUT2D eigenvalue weighted by molar-refractivity contribution is 5.26. The smallest absolute Gasteiger partial charge is 0.117 e. The van der Waals surface area contributed by atoms with Crippen molar-refractivity contribution in [2.75, 3.05) is 6.61 Å². The van der Waals surface area contributed by atoms with Crippen molar-refractivity contribution in [1.82, 2.24) is 0 Å². The molecule has 4 aliphatic rings. The largest absolute Gasteiger partial charge is 0.236 e. The number of hydrogen-bond acceptors (Lipinski definition) is 2. The molecule has 0 N–H and O–H groups in total. The summed E-state index contributed by atoms with van der Waals surface area (Å²) >= 11 is 0. The molecule has 0 amide bonds. The second-order valence-electron chi connectivity index (χ2n) is 5.54. The quantitative estimate of drug-likeness (QED) is 0.533. The van der Waals surface area contributed by atoms with Gasteiger partial charge in [0.1, 0.15) is 5.60 Å². The first-order valence-corrected chi connectivity index (χ1v) is 5.63. The maximum absolute atomic E-state index is 5.76. The molecule has 13 heavy (non-hydrogen) atoms. The standard InChI is InChI=1S/C11H16O2/c1-2-9(1)5-6-10(3-4-10)11(9)7-8-12-13-11/h1-8H2. The van der Waals surface area contributed by atoms with Gasteiger partial charge >= 0.3 is 0 Å². The van der Waals surface area contributed by atoms with Crippen molar-refractivity contribution < 1.29 is 9.78 Å². The van der Waals surface area contributed by atoms with E-state index in [4.69, 9.17) is 9.78 Å². The third-order valence-corrected chi connectivity index (χ3v) is 5.24. The van der Waals surface area contributed by atoms with Crippen LogP contribution in [-0.2, 0) is 9.78 Å². The lowest BCUT2D eigenvalue weighted by molar-refractivity contribution is -0.333. The van der Waals surface area contributed by atoms with Gasteiger partial charge in [0.25, 0.3) is 0 Å². The molecule has 2 heteroatoms. The molecule has 0 aromatic heterocycles. The zero-order valence-corrected chi connectivity index (χ0v) is 7.97. The van der Waals surface area contributed by atoms with Crippen LogP contribution >= 0.6 is 0 Å². The number of hydrogen-bond donors (Lipinski definition) is 0. The Kier molecular flexibility index (Phi) is 1.02. The first-order chi connectivity index (χ1) is 6.33. The van der Waals surface area contributed by atoms with E-state index in [0.717, 1.165) is 6.61 Å². The molecule has 3 spiro atoms. The summed E-state index contributed by atoms with van der Waals surface area (Å²) in [6, 6.07) is 0. The summed E-state index contributed by atoms with van der Waals surface area (Å²) in [7, 11) is 0. The van der Waals surface area contributed by atoms with E-state index in [1.807, 2.05) is 0 Å². The van der Waals surface area contributed by atoms with Gasteiger partial charge in [-0.15, -0.1) is 0 Å². The summed E-state index contributed by atoms with van der Waals surface area (Å²) in [5.74, 6) is 0. The van der Waals surface area contributed by atoms with Crippen LogP contribution in [-0.4, -0.2) is 12.2 Å². The van der Waals surface area contributed by atoms with Gasteiger partial charge in [-0.05, 0) is 38.5 Å². The van der Waals surface area contributed by atoms with Crippen LogP contribution in [0.15, 0.2) is 0 Å². The Balaban J connectivity index is 1.83. The molecule has 0 aromatic carbocycles. The number of fused-ring (bicyclic) bond motifs is 2. The Bertz CT molecular complexity index is 235. The normalized spacial score (nSPS) is 40.6. The molecule has 0 bridgehead atoms. The average Bonchev–Trinajstić information content (AvgIpc) is 3.02. The van der Waals surface area contributed by atoms with E-state index in [2.05, 4.69) is 0 Å². The van der Waals surface area contributed by atoms with E-state index in [1.165, 1.54) is 44.9 Å². The van der Waals surface area contributed by atoms with Crippen LogP contribution in [0.5, 0.6) is 0 Å². The molecule has 4 rings (SSSR count). The van der Waals surface area contributed by atoms with Gasteiger partial charge in [-0.1, -0.05) is 0 Å². The minimum atomic E-state index is 0.181. The zero-order chi connectivity index (χ0) is 8.57. The van der Waals surface area contributed by atoms with Crippen LogP contribution in [0, 0.1) is 10.8 Å². The Morgan fingerprint density at radius 1 is 0.692 bits per heavy atom. The SMILES string of the molecule is C1CC2(OO1)C1(CC1)CCC21CC1. The highest BCUT2D eigenvalue weighted by atomic mass is 17.2. The lowest BCUT2D eigenvalue weighted by atomic mass is 9.77. The fourth-order valence-electron chi connectivity index (χ4n) is 4.13. The van der Waals surface area contributed by atoms with Gasteiger partial charge in [-0.2, -0.15) is 0 Å². The lowest BCUT2D eigenvalue weighted by Crippen LogP contribution is -2.41. The Labute approximate surface area is 78.5 Å². The van der Waals surface area contributed by atoms with Gasteiger partial charge in [-0.25, -0.2) is 9.78 Å². The van der Waals surface area contributed by atoms with Crippen molar-refractivity contribution in [2.24, 2.45) is 10.8 Å². The van der Waals surface area contributed by atoms with Crippen molar-refractivity contribution in [3.8, 4) is 0 Å². The lowest BCUT2D eigenvalue weighted by Gasteiger charge is -2.33. The molecule has 72 valence electrons. The average molecular weight is 180 g/mol. The van der Waals surface area contributed by atoms with Gasteiger partial charge in [0, 0.05) is 17.3 Å². The van der Waals surface area contributed by atoms with Crippen LogP contribution in [0.4, 0.5) is 0 Å². The highest BCUT2D eigenvalue weighted by Gasteiger charge is 2.78. The van der Waals surface area contributed by atoms with E-state index < -0.39 is 0 Å². The van der Waals surface area contributed by atoms with Crippen LogP contribution < -0.4 is 0 Å². The summed E-state index contributed by atoms with van der Waals surface area (Å²) in [4.78, 5) is 11.0. The van der Waals surface area contributed by atoms with Gasteiger partial charge in [0.15, 0.2) is 0 Å². The molecular formula is C11H16O2. The second-order valence-corrected chi connectivity index (χ2v) is 5.54. The zero-order valence-electron chi connectivity index (χ0n) is 7.97. The number of rotatable bonds is 0. The molecule has 0 aromatic rings. The van der Waals surface area contributed by atoms with E-state index >= 15 is 0 Å². The van der Waals surface area contributed by atoms with E-state index in [1.54, 1.807) is 0 Å². The Morgan fingerprint density at radius 2 is 1.23 bits per heavy atom. The van der Waals surface area contributed by atoms with Crippen molar-refractivity contribution in [1.29, 1.82) is 0 Å². The van der Waals surface area contributed by atoms with Crippen LogP contribution in [0.1, 0.15) is 44.9 Å². The molecule has 2 nitrogen and oxygen atoms in total. The molecule has 4 fully saturated rings. The topological polar surface area (TPSA) is 18.5 Å². The first-order valence-electron chi connectivity index (χ1n) is 5.63. The molecule has 3 saturated carbocycles. The fraction of sp³-hybridized carbons (Fsp3) is 1.00. The molecular weight excluding hydrogens is 164 g/mol. The monoisotopic (exact) mass is 180 g/mol. The van der Waals surface area contributed by atoms with Gasteiger partial charge in [-0.3, -0.25) is 0 Å². The molecule has 1 saturated heterocycles. The third-order valence-electron chi connectivity index (χ3n) is 5.24. The van der Waals surface area contributed by atoms with Crippen LogP contribution in [0.2, 0.25) is 0 Å². The first kappa shape index (κ1) is 7.24. The molecule has 0 unspecified atom stereocenters. The minimum Gasteiger partial charge on any atom is -0.236 e. The summed E-state index contributed by atoms with van der Waals surface area (Å²) in [6.45, 7) is 0.837. The van der Waals surface area contributed by atoms with E-state index in [9.17, 15) is 0 Å². The molecule has 1 aliphatic heterocycles. The van der Waals surface area contributed by atoms with Gasteiger partial charge in [0.2, 0.25) is 0 Å². The molecule has 0 atom stereocenters. The van der Waals surface area contributed by atoms with Crippen LogP contribution in [0.25, 0.3) is 0 Å². The van der Waals surface area contributed by atoms with Crippen molar-refractivity contribution in [3.05, 3.63) is 0 Å². The Morgan fingerprint density at radius 3 is 1.62 bits per heavy atom. The second kappa shape index (κ2) is 1.82. The van der Waals surface area contributed by atoms with Crippen LogP contribution in [0.3, 0.4) is 0 Å². The highest BCUT2D eigenvalue weighted by Crippen LogP contribution is 2.79. The molecule has 1 heterocycles. The van der Waals surface area contributed by atoms with E-state index in [0.29, 0.717) is 10.8 Å². The maximum atomic E-state index is 5.76. The minimum absolute atomic E-state index is 0.181. The molecule has 3 aliphatic carbocycles.